The molecule has 1 aliphatic heterocycles. The zero-order valence-electron chi connectivity index (χ0n) is 14.2. The van der Waals surface area contributed by atoms with E-state index in [-0.39, 0.29) is 5.41 Å². The van der Waals surface area contributed by atoms with Crippen molar-refractivity contribution in [1.82, 2.24) is 24.9 Å². The molecular formula is C18H25N5O. The van der Waals surface area contributed by atoms with E-state index in [0.29, 0.717) is 18.4 Å². The largest absolute Gasteiger partial charge is 0.341 e. The van der Waals surface area contributed by atoms with Crippen molar-refractivity contribution in [3.05, 3.63) is 35.9 Å². The standard InChI is InChI=1S/C18H25N5O/c1-2-14-11-19-21-16(14)15-5-3-9-22(12-15)17(24)18(6-7-18)13-23-10-4-8-20-23/h4,8,10-11,15H,2-3,5-7,9,12-13H2,1H3,(H,19,21)/t15-/m0/s1. The average Bonchev–Trinajstić information content (AvgIpc) is 3.03. The molecule has 128 valence electrons. The second-order valence-corrected chi connectivity index (χ2v) is 7.24. The fourth-order valence-electron chi connectivity index (χ4n) is 3.98. The molecule has 6 nitrogen and oxygen atoms in total. The Hall–Kier alpha value is -2.11. The maximum absolute atomic E-state index is 13.1. The molecule has 3 heterocycles. The van der Waals surface area contributed by atoms with Crippen LogP contribution in [0.5, 0.6) is 0 Å². The van der Waals surface area contributed by atoms with E-state index < -0.39 is 0 Å². The number of aryl methyl sites for hydroxylation is 1. The Balaban J connectivity index is 1.47. The van der Waals surface area contributed by atoms with Crippen molar-refractivity contribution >= 4 is 5.91 Å². The van der Waals surface area contributed by atoms with Crippen LogP contribution >= 0.6 is 0 Å². The molecule has 1 saturated heterocycles. The Morgan fingerprint density at radius 1 is 1.46 bits per heavy atom. The van der Waals surface area contributed by atoms with E-state index in [2.05, 4.69) is 27.1 Å². The van der Waals surface area contributed by atoms with Gasteiger partial charge in [0.15, 0.2) is 0 Å². The van der Waals surface area contributed by atoms with Crippen LogP contribution in [-0.2, 0) is 17.8 Å². The highest BCUT2D eigenvalue weighted by Crippen LogP contribution is 2.49. The van der Waals surface area contributed by atoms with Crippen molar-refractivity contribution < 1.29 is 4.79 Å². The minimum Gasteiger partial charge on any atom is -0.341 e. The lowest BCUT2D eigenvalue weighted by Crippen LogP contribution is -2.44. The summed E-state index contributed by atoms with van der Waals surface area (Å²) in [5, 5.41) is 11.7. The van der Waals surface area contributed by atoms with E-state index in [1.165, 1.54) is 11.3 Å². The third-order valence-corrected chi connectivity index (χ3v) is 5.58. The minimum absolute atomic E-state index is 0.213. The number of aromatic amines is 1. The van der Waals surface area contributed by atoms with Crippen LogP contribution in [0, 0.1) is 5.41 Å². The average molecular weight is 327 g/mol. The highest BCUT2D eigenvalue weighted by molar-refractivity contribution is 5.85. The summed E-state index contributed by atoms with van der Waals surface area (Å²) in [6.07, 6.45) is 10.8. The van der Waals surface area contributed by atoms with Gasteiger partial charge in [0, 0.05) is 37.1 Å². The zero-order chi connectivity index (χ0) is 16.6. The lowest BCUT2D eigenvalue weighted by Gasteiger charge is -2.35. The summed E-state index contributed by atoms with van der Waals surface area (Å²) >= 11 is 0. The van der Waals surface area contributed by atoms with E-state index in [9.17, 15) is 4.79 Å². The van der Waals surface area contributed by atoms with Gasteiger partial charge in [-0.25, -0.2) is 0 Å². The summed E-state index contributed by atoms with van der Waals surface area (Å²) in [6, 6.07) is 1.92. The van der Waals surface area contributed by atoms with E-state index in [0.717, 1.165) is 45.2 Å². The number of H-pyrrole nitrogens is 1. The second-order valence-electron chi connectivity index (χ2n) is 7.24. The Morgan fingerprint density at radius 2 is 2.33 bits per heavy atom. The first kappa shape index (κ1) is 15.4. The molecule has 0 unspecified atom stereocenters. The van der Waals surface area contributed by atoms with Gasteiger partial charge in [-0.3, -0.25) is 14.6 Å². The highest BCUT2D eigenvalue weighted by Gasteiger charge is 2.52. The molecule has 1 saturated carbocycles. The lowest BCUT2D eigenvalue weighted by molar-refractivity contribution is -0.139. The number of nitrogens with zero attached hydrogens (tertiary/aromatic N) is 4. The summed E-state index contributed by atoms with van der Waals surface area (Å²) < 4.78 is 1.90. The summed E-state index contributed by atoms with van der Waals surface area (Å²) in [5.74, 6) is 0.709. The molecule has 2 aromatic rings. The van der Waals surface area contributed by atoms with E-state index in [4.69, 9.17) is 0 Å². The fourth-order valence-corrected chi connectivity index (χ4v) is 3.98. The molecule has 2 fully saturated rings. The molecule has 0 aromatic carbocycles. The molecule has 1 aliphatic carbocycles. The van der Waals surface area contributed by atoms with Gasteiger partial charge in [0.2, 0.25) is 5.91 Å². The molecule has 1 amide bonds. The number of likely N-dealkylation sites (tertiary alicyclic amines) is 1. The first-order valence-corrected chi connectivity index (χ1v) is 9.01. The number of amides is 1. The van der Waals surface area contributed by atoms with Crippen LogP contribution in [0.1, 0.15) is 49.8 Å². The van der Waals surface area contributed by atoms with Crippen LogP contribution in [0.25, 0.3) is 0 Å². The molecule has 1 N–H and O–H groups in total. The maximum atomic E-state index is 13.1. The summed E-state index contributed by atoms with van der Waals surface area (Å²) in [6.45, 7) is 4.56. The van der Waals surface area contributed by atoms with E-state index in [1.54, 1.807) is 6.20 Å². The number of hydrogen-bond donors (Lipinski definition) is 1. The van der Waals surface area contributed by atoms with Crippen LogP contribution in [0.3, 0.4) is 0 Å². The minimum atomic E-state index is -0.213. The fraction of sp³-hybridized carbons (Fsp3) is 0.611. The molecule has 6 heteroatoms. The van der Waals surface area contributed by atoms with Crippen LogP contribution in [0.15, 0.2) is 24.7 Å². The number of carbonyl (C=O) groups excluding carboxylic acids is 1. The van der Waals surface area contributed by atoms with Crippen molar-refractivity contribution in [3.8, 4) is 0 Å². The summed E-state index contributed by atoms with van der Waals surface area (Å²) in [4.78, 5) is 15.2. The number of nitrogens with one attached hydrogen (secondary N) is 1. The molecule has 0 radical (unpaired) electrons. The Bertz CT molecular complexity index is 701. The summed E-state index contributed by atoms with van der Waals surface area (Å²) in [7, 11) is 0. The van der Waals surface area contributed by atoms with Crippen LogP contribution in [0.2, 0.25) is 0 Å². The molecule has 0 bridgehead atoms. The Kier molecular flexibility index (Phi) is 3.90. The van der Waals surface area contributed by atoms with Crippen molar-refractivity contribution in [3.63, 3.8) is 0 Å². The monoisotopic (exact) mass is 327 g/mol. The Labute approximate surface area is 142 Å². The number of piperidine rings is 1. The smallest absolute Gasteiger partial charge is 0.230 e. The molecule has 1 atom stereocenters. The Morgan fingerprint density at radius 3 is 3.04 bits per heavy atom. The topological polar surface area (TPSA) is 66.8 Å². The number of rotatable bonds is 5. The van der Waals surface area contributed by atoms with Gasteiger partial charge in [0.1, 0.15) is 0 Å². The van der Waals surface area contributed by atoms with Gasteiger partial charge in [-0.15, -0.1) is 0 Å². The molecular weight excluding hydrogens is 302 g/mol. The van der Waals surface area contributed by atoms with Gasteiger partial charge in [-0.05, 0) is 43.7 Å². The van der Waals surface area contributed by atoms with Gasteiger partial charge in [0.05, 0.1) is 18.2 Å². The van der Waals surface area contributed by atoms with Crippen molar-refractivity contribution in [2.24, 2.45) is 5.41 Å². The molecule has 2 aliphatic rings. The van der Waals surface area contributed by atoms with Crippen molar-refractivity contribution in [2.45, 2.75) is 51.5 Å². The number of hydrogen-bond acceptors (Lipinski definition) is 3. The number of aromatic nitrogens is 4. The van der Waals surface area contributed by atoms with Gasteiger partial charge in [-0.2, -0.15) is 10.2 Å². The third-order valence-electron chi connectivity index (χ3n) is 5.58. The van der Waals surface area contributed by atoms with Crippen LogP contribution in [0.4, 0.5) is 0 Å². The van der Waals surface area contributed by atoms with Gasteiger partial charge in [0.25, 0.3) is 0 Å². The normalized spacial score (nSPS) is 22.5. The van der Waals surface area contributed by atoms with Crippen LogP contribution < -0.4 is 0 Å². The molecule has 2 aromatic heterocycles. The van der Waals surface area contributed by atoms with Gasteiger partial charge in [-0.1, -0.05) is 6.92 Å². The van der Waals surface area contributed by atoms with E-state index in [1.807, 2.05) is 23.1 Å². The van der Waals surface area contributed by atoms with Crippen molar-refractivity contribution in [1.29, 1.82) is 0 Å². The predicted molar refractivity (Wildman–Crippen MR) is 90.4 cm³/mol. The first-order chi connectivity index (χ1) is 11.7. The van der Waals surface area contributed by atoms with Gasteiger partial charge >= 0.3 is 0 Å². The van der Waals surface area contributed by atoms with Crippen molar-refractivity contribution in [2.75, 3.05) is 13.1 Å². The summed E-state index contributed by atoms with van der Waals surface area (Å²) in [5.41, 5.74) is 2.30. The molecule has 0 spiro atoms. The SMILES string of the molecule is CCc1cn[nH]c1[C@H]1CCCN(C(=O)C2(Cn3cccn3)CC2)C1. The van der Waals surface area contributed by atoms with Gasteiger partial charge < -0.3 is 4.90 Å². The zero-order valence-corrected chi connectivity index (χ0v) is 14.2. The lowest BCUT2D eigenvalue weighted by atomic mass is 9.91. The van der Waals surface area contributed by atoms with Crippen LogP contribution in [-0.4, -0.2) is 43.9 Å². The quantitative estimate of drug-likeness (QED) is 0.917. The number of carbonyl (C=O) groups is 1. The second kappa shape index (κ2) is 6.07. The maximum Gasteiger partial charge on any atom is 0.230 e. The third kappa shape index (κ3) is 2.74. The highest BCUT2D eigenvalue weighted by atomic mass is 16.2. The molecule has 4 rings (SSSR count). The first-order valence-electron chi connectivity index (χ1n) is 9.01. The van der Waals surface area contributed by atoms with E-state index >= 15 is 0 Å². The molecule has 24 heavy (non-hydrogen) atoms. The predicted octanol–water partition coefficient (Wildman–Crippen LogP) is 2.36.